The second kappa shape index (κ2) is 5.28. The zero-order valence-electron chi connectivity index (χ0n) is 9.96. The summed E-state index contributed by atoms with van der Waals surface area (Å²) in [5, 5.41) is 2.97. The fraction of sp³-hybridized carbons (Fsp3) is 0.231. The summed E-state index contributed by atoms with van der Waals surface area (Å²) < 4.78 is 43.7. The maximum atomic E-state index is 12.6. The summed E-state index contributed by atoms with van der Waals surface area (Å²) in [5.74, 6) is 0.643. The number of rotatable bonds is 3. The van der Waals surface area contributed by atoms with Gasteiger partial charge in [-0.3, -0.25) is 0 Å². The first-order valence-electron chi connectivity index (χ1n) is 5.55. The van der Waals surface area contributed by atoms with Crippen LogP contribution in [0.25, 0.3) is 0 Å². The Bertz CT molecular complexity index is 565. The molecule has 6 heteroatoms. The number of benzene rings is 1. The Morgan fingerprint density at radius 3 is 2.53 bits per heavy atom. The molecule has 0 saturated carbocycles. The Labute approximate surface area is 116 Å². The van der Waals surface area contributed by atoms with Crippen LogP contribution in [0, 0.1) is 0 Å². The molecule has 0 bridgehead atoms. The number of halogens is 4. The molecular weight excluding hydrogens is 323 g/mol. The van der Waals surface area contributed by atoms with Gasteiger partial charge in [-0.05, 0) is 53.2 Å². The van der Waals surface area contributed by atoms with Crippen LogP contribution in [-0.4, -0.2) is 0 Å². The van der Waals surface area contributed by atoms with Crippen LogP contribution in [0.2, 0.25) is 0 Å². The lowest BCUT2D eigenvalue weighted by Gasteiger charge is -2.14. The van der Waals surface area contributed by atoms with Crippen molar-refractivity contribution in [3.8, 4) is 0 Å². The summed E-state index contributed by atoms with van der Waals surface area (Å²) >= 11 is 3.18. The average molecular weight is 334 g/mol. The number of nitrogens with one attached hydrogen (secondary N) is 1. The number of furan rings is 1. The van der Waals surface area contributed by atoms with E-state index in [2.05, 4.69) is 21.2 Å². The Hall–Kier alpha value is -1.43. The van der Waals surface area contributed by atoms with E-state index in [0.717, 1.165) is 12.1 Å². The lowest BCUT2D eigenvalue weighted by molar-refractivity contribution is -0.137. The smallest absolute Gasteiger partial charge is 0.416 e. The van der Waals surface area contributed by atoms with Gasteiger partial charge in [0.25, 0.3) is 0 Å². The van der Waals surface area contributed by atoms with Gasteiger partial charge in [-0.2, -0.15) is 13.2 Å². The molecule has 0 amide bonds. The molecular formula is C13H11BrF3NO. The van der Waals surface area contributed by atoms with Crippen molar-refractivity contribution in [2.75, 3.05) is 5.32 Å². The highest BCUT2D eigenvalue weighted by Gasteiger charge is 2.30. The van der Waals surface area contributed by atoms with Crippen molar-refractivity contribution in [3.63, 3.8) is 0 Å². The lowest BCUT2D eigenvalue weighted by atomic mass is 10.1. The standard InChI is InChI=1S/C13H11BrF3NO/c1-8(11-5-6-12(14)19-11)18-10-4-2-3-9(7-10)13(15,16)17/h2-8,18H,1H3. The van der Waals surface area contributed by atoms with Gasteiger partial charge in [0.05, 0.1) is 11.6 Å². The molecule has 0 radical (unpaired) electrons. The molecule has 1 heterocycles. The first-order valence-corrected chi connectivity index (χ1v) is 6.34. The minimum Gasteiger partial charge on any atom is -0.452 e. The second-order valence-electron chi connectivity index (χ2n) is 4.09. The Morgan fingerprint density at radius 1 is 1.21 bits per heavy atom. The van der Waals surface area contributed by atoms with Crippen LogP contribution >= 0.6 is 15.9 Å². The van der Waals surface area contributed by atoms with Gasteiger partial charge in [-0.1, -0.05) is 6.07 Å². The molecule has 102 valence electrons. The van der Waals surface area contributed by atoms with Crippen LogP contribution in [0.3, 0.4) is 0 Å². The van der Waals surface area contributed by atoms with Crippen LogP contribution < -0.4 is 5.32 Å². The molecule has 1 unspecified atom stereocenters. The molecule has 0 spiro atoms. The molecule has 0 aliphatic rings. The van der Waals surface area contributed by atoms with Gasteiger partial charge in [0.15, 0.2) is 4.67 Å². The van der Waals surface area contributed by atoms with Crippen LogP contribution in [-0.2, 0) is 6.18 Å². The van der Waals surface area contributed by atoms with E-state index in [1.54, 1.807) is 18.2 Å². The lowest BCUT2D eigenvalue weighted by Crippen LogP contribution is -2.08. The molecule has 19 heavy (non-hydrogen) atoms. The fourth-order valence-corrected chi connectivity index (χ4v) is 1.99. The zero-order valence-corrected chi connectivity index (χ0v) is 11.5. The third kappa shape index (κ3) is 3.53. The predicted octanol–water partition coefficient (Wildman–Crippen LogP) is 5.23. The largest absolute Gasteiger partial charge is 0.452 e. The summed E-state index contributed by atoms with van der Waals surface area (Å²) in [4.78, 5) is 0. The molecule has 2 nitrogen and oxygen atoms in total. The minimum absolute atomic E-state index is 0.227. The molecule has 0 fully saturated rings. The van der Waals surface area contributed by atoms with Gasteiger partial charge >= 0.3 is 6.18 Å². The molecule has 2 aromatic rings. The highest BCUT2D eigenvalue weighted by Crippen LogP contribution is 2.31. The van der Waals surface area contributed by atoms with E-state index in [1.807, 2.05) is 6.92 Å². The maximum absolute atomic E-state index is 12.6. The van der Waals surface area contributed by atoms with Crippen LogP contribution in [0.4, 0.5) is 18.9 Å². The van der Waals surface area contributed by atoms with Crippen molar-refractivity contribution < 1.29 is 17.6 Å². The third-order valence-corrected chi connectivity index (χ3v) is 3.02. The number of hydrogen-bond acceptors (Lipinski definition) is 2. The molecule has 0 aliphatic carbocycles. The molecule has 0 aliphatic heterocycles. The Kier molecular flexibility index (Phi) is 3.89. The van der Waals surface area contributed by atoms with Gasteiger partial charge in [0.2, 0.25) is 0 Å². The first-order chi connectivity index (χ1) is 8.86. The van der Waals surface area contributed by atoms with E-state index in [4.69, 9.17) is 4.42 Å². The quantitative estimate of drug-likeness (QED) is 0.831. The van der Waals surface area contributed by atoms with Crippen LogP contribution in [0.15, 0.2) is 45.5 Å². The minimum atomic E-state index is -4.34. The molecule has 1 aromatic carbocycles. The van der Waals surface area contributed by atoms with Crippen molar-refractivity contribution in [1.29, 1.82) is 0 Å². The molecule has 1 atom stereocenters. The summed E-state index contributed by atoms with van der Waals surface area (Å²) in [6.07, 6.45) is -4.34. The van der Waals surface area contributed by atoms with Crippen molar-refractivity contribution >= 4 is 21.6 Å². The van der Waals surface area contributed by atoms with Gasteiger partial charge in [0.1, 0.15) is 5.76 Å². The van der Waals surface area contributed by atoms with Gasteiger partial charge in [-0.15, -0.1) is 0 Å². The molecule has 2 rings (SSSR count). The van der Waals surface area contributed by atoms with Gasteiger partial charge in [-0.25, -0.2) is 0 Å². The summed E-state index contributed by atoms with van der Waals surface area (Å²) in [5.41, 5.74) is -0.278. The SMILES string of the molecule is CC(Nc1cccc(C(F)(F)F)c1)c1ccc(Br)o1. The van der Waals surface area contributed by atoms with E-state index < -0.39 is 11.7 Å². The Morgan fingerprint density at radius 2 is 1.95 bits per heavy atom. The summed E-state index contributed by atoms with van der Waals surface area (Å²) in [6, 6.07) is 8.34. The van der Waals surface area contributed by atoms with E-state index in [1.165, 1.54) is 6.07 Å². The zero-order chi connectivity index (χ0) is 14.0. The van der Waals surface area contributed by atoms with Crippen molar-refractivity contribution in [1.82, 2.24) is 0 Å². The van der Waals surface area contributed by atoms with Crippen molar-refractivity contribution in [3.05, 3.63) is 52.4 Å². The average Bonchev–Trinajstić information content (AvgIpc) is 2.75. The van der Waals surface area contributed by atoms with E-state index in [9.17, 15) is 13.2 Å². The predicted molar refractivity (Wildman–Crippen MR) is 69.9 cm³/mol. The van der Waals surface area contributed by atoms with E-state index in [0.29, 0.717) is 16.1 Å². The second-order valence-corrected chi connectivity index (χ2v) is 4.87. The highest BCUT2D eigenvalue weighted by atomic mass is 79.9. The van der Waals surface area contributed by atoms with E-state index in [-0.39, 0.29) is 6.04 Å². The first kappa shape index (κ1) is 14.0. The van der Waals surface area contributed by atoms with Crippen molar-refractivity contribution in [2.45, 2.75) is 19.1 Å². The van der Waals surface area contributed by atoms with Crippen molar-refractivity contribution in [2.24, 2.45) is 0 Å². The highest BCUT2D eigenvalue weighted by molar-refractivity contribution is 9.10. The van der Waals surface area contributed by atoms with Crippen LogP contribution in [0.5, 0.6) is 0 Å². The fourth-order valence-electron chi connectivity index (χ4n) is 1.67. The Balaban J connectivity index is 2.15. The van der Waals surface area contributed by atoms with E-state index >= 15 is 0 Å². The summed E-state index contributed by atoms with van der Waals surface area (Å²) in [7, 11) is 0. The molecule has 1 aromatic heterocycles. The topological polar surface area (TPSA) is 25.2 Å². The summed E-state index contributed by atoms with van der Waals surface area (Å²) in [6.45, 7) is 1.81. The molecule has 1 N–H and O–H groups in total. The van der Waals surface area contributed by atoms with Gasteiger partial charge < -0.3 is 9.73 Å². The number of alkyl halides is 3. The number of anilines is 1. The maximum Gasteiger partial charge on any atom is 0.416 e. The van der Waals surface area contributed by atoms with Crippen LogP contribution in [0.1, 0.15) is 24.3 Å². The third-order valence-electron chi connectivity index (χ3n) is 2.59. The normalized spacial score (nSPS) is 13.3. The molecule has 0 saturated heterocycles. The van der Waals surface area contributed by atoms with Gasteiger partial charge in [0, 0.05) is 5.69 Å². The number of hydrogen-bond donors (Lipinski definition) is 1. The monoisotopic (exact) mass is 333 g/mol.